The Kier molecular flexibility index (Phi) is 5.67. The molecule has 7 rings (SSSR count). The molecule has 3 aromatic rings. The monoisotopic (exact) mass is 538 g/mol. The van der Waals surface area contributed by atoms with E-state index in [1.807, 2.05) is 0 Å². The summed E-state index contributed by atoms with van der Waals surface area (Å²) in [5, 5.41) is 5.31. The summed E-state index contributed by atoms with van der Waals surface area (Å²) < 4.78 is 40.5. The van der Waals surface area contributed by atoms with Gasteiger partial charge < -0.3 is 5.32 Å². The number of hydrogen-bond acceptors (Lipinski definition) is 5. The van der Waals surface area contributed by atoms with E-state index in [1.165, 1.54) is 16.7 Å². The molecule has 3 amide bonds. The molecule has 1 unspecified atom stereocenters. The fourth-order valence-electron chi connectivity index (χ4n) is 6.83. The summed E-state index contributed by atoms with van der Waals surface area (Å²) in [6.45, 7) is 1.61. The molecular weight excluding hydrogens is 513 g/mol. The Labute approximate surface area is 220 Å². The number of amides is 3. The minimum Gasteiger partial charge on any atom is -0.325 e. The third kappa shape index (κ3) is 3.93. The first-order valence-corrected chi connectivity index (χ1v) is 12.8. The molecule has 0 spiro atoms. The molecule has 4 fully saturated rings. The predicted molar refractivity (Wildman–Crippen MR) is 135 cm³/mol. The molecule has 2 heterocycles. The summed E-state index contributed by atoms with van der Waals surface area (Å²) in [5.74, 6) is -1.32. The van der Waals surface area contributed by atoms with Crippen LogP contribution in [0.5, 0.6) is 0 Å². The van der Waals surface area contributed by atoms with Gasteiger partial charge in [-0.2, -0.15) is 13.2 Å². The lowest BCUT2D eigenvalue weighted by molar-refractivity contribution is -0.138. The number of imide groups is 1. The second kappa shape index (κ2) is 8.75. The van der Waals surface area contributed by atoms with Crippen molar-refractivity contribution in [2.24, 2.45) is 11.8 Å². The Balaban J connectivity index is 1.33. The van der Waals surface area contributed by atoms with E-state index in [4.69, 9.17) is 0 Å². The number of carbonyl (C=O) groups is 3. The summed E-state index contributed by atoms with van der Waals surface area (Å²) in [4.78, 5) is 56.0. The van der Waals surface area contributed by atoms with Crippen molar-refractivity contribution in [2.75, 3.05) is 5.32 Å². The van der Waals surface area contributed by atoms with Crippen LogP contribution in [0.2, 0.25) is 0 Å². The Hall–Kier alpha value is -4.02. The van der Waals surface area contributed by atoms with Gasteiger partial charge in [0, 0.05) is 11.8 Å². The maximum absolute atomic E-state index is 13.7. The van der Waals surface area contributed by atoms with Gasteiger partial charge in [0.2, 0.25) is 17.7 Å². The Morgan fingerprint density at radius 3 is 2.51 bits per heavy atom. The molecule has 4 atom stereocenters. The van der Waals surface area contributed by atoms with E-state index in [-0.39, 0.29) is 35.7 Å². The van der Waals surface area contributed by atoms with E-state index in [0.717, 1.165) is 25.0 Å². The maximum atomic E-state index is 13.7. The Morgan fingerprint density at radius 2 is 1.85 bits per heavy atom. The van der Waals surface area contributed by atoms with Crippen LogP contribution in [-0.2, 0) is 26.0 Å². The zero-order valence-electron chi connectivity index (χ0n) is 21.0. The highest BCUT2D eigenvalue weighted by atomic mass is 19.4. The predicted octanol–water partition coefficient (Wildman–Crippen LogP) is 4.01. The third-order valence-electron chi connectivity index (χ3n) is 8.61. The van der Waals surface area contributed by atoms with Crippen LogP contribution in [0.4, 0.5) is 18.9 Å². The van der Waals surface area contributed by atoms with Crippen LogP contribution in [0.25, 0.3) is 10.9 Å². The van der Waals surface area contributed by atoms with Crippen molar-refractivity contribution in [3.8, 4) is 0 Å². The van der Waals surface area contributed by atoms with E-state index in [1.54, 1.807) is 25.1 Å². The Morgan fingerprint density at radius 1 is 1.10 bits per heavy atom. The number of nitrogens with zero attached hydrogens (tertiary/aromatic N) is 2. The van der Waals surface area contributed by atoms with Crippen LogP contribution in [-0.4, -0.2) is 27.3 Å². The average Bonchev–Trinajstić information content (AvgIpc) is 3.46. The quantitative estimate of drug-likeness (QED) is 0.488. The summed E-state index contributed by atoms with van der Waals surface area (Å²) in [6.07, 6.45) is -1.99. The minimum atomic E-state index is -4.44. The SMILES string of the molecule is Cc1nc2cccc(NC(=O)[C@@H]3[C@@H]4CC[C@@]3(c3ccc(C(F)(F)F)cc3)C4)c2c(=O)n1C1CCC(=O)NC1=O. The summed E-state index contributed by atoms with van der Waals surface area (Å²) in [6, 6.07) is 9.05. The molecule has 3 aliphatic carbocycles. The van der Waals surface area contributed by atoms with Crippen LogP contribution in [0.3, 0.4) is 0 Å². The fraction of sp³-hybridized carbons (Fsp3) is 0.393. The van der Waals surface area contributed by atoms with Crippen LogP contribution in [0.1, 0.15) is 55.1 Å². The molecule has 8 nitrogen and oxygen atoms in total. The molecule has 2 N–H and O–H groups in total. The molecule has 1 aliphatic heterocycles. The maximum Gasteiger partial charge on any atom is 0.416 e. The normalized spacial score (nSPS) is 26.3. The van der Waals surface area contributed by atoms with Gasteiger partial charge in [-0.3, -0.25) is 29.1 Å². The van der Waals surface area contributed by atoms with Gasteiger partial charge in [-0.15, -0.1) is 0 Å². The zero-order valence-corrected chi connectivity index (χ0v) is 21.0. The standard InChI is InChI=1S/C28H25F3N4O4/c1-14-32-18-3-2-4-19(22(18)26(39)35(14)20-9-10-21(36)34-24(20)37)33-25(38)23-15-11-12-27(23,13-15)16-5-7-17(8-6-16)28(29,30)31/h2-8,15,20,23H,9-13H2,1H3,(H,33,38)(H,34,36,37)/t15-,20?,23+,27+/m1/s1. The highest BCUT2D eigenvalue weighted by molar-refractivity contribution is 6.03. The number of carbonyl (C=O) groups excluding carboxylic acids is 3. The van der Waals surface area contributed by atoms with Gasteiger partial charge in [0.05, 0.1) is 28.1 Å². The molecular formula is C28H25F3N4O4. The molecule has 3 saturated carbocycles. The van der Waals surface area contributed by atoms with E-state index in [9.17, 15) is 32.3 Å². The summed E-state index contributed by atoms with van der Waals surface area (Å²) in [7, 11) is 0. The van der Waals surface area contributed by atoms with Crippen LogP contribution < -0.4 is 16.2 Å². The molecule has 2 aromatic carbocycles. The molecule has 202 valence electrons. The second-order valence-electron chi connectivity index (χ2n) is 10.7. The van der Waals surface area contributed by atoms with E-state index in [0.29, 0.717) is 23.3 Å². The average molecular weight is 539 g/mol. The number of nitrogens with one attached hydrogen (secondary N) is 2. The van der Waals surface area contributed by atoms with Gasteiger partial charge in [0.15, 0.2) is 0 Å². The third-order valence-corrected chi connectivity index (χ3v) is 8.61. The zero-order chi connectivity index (χ0) is 27.7. The number of rotatable bonds is 4. The van der Waals surface area contributed by atoms with Crippen LogP contribution in [0.15, 0.2) is 47.3 Å². The van der Waals surface area contributed by atoms with E-state index < -0.39 is 46.5 Å². The van der Waals surface area contributed by atoms with Crippen LogP contribution >= 0.6 is 0 Å². The van der Waals surface area contributed by atoms with Gasteiger partial charge in [0.1, 0.15) is 11.9 Å². The van der Waals surface area contributed by atoms with Crippen molar-refractivity contribution in [3.05, 3.63) is 69.8 Å². The summed E-state index contributed by atoms with van der Waals surface area (Å²) >= 11 is 0. The number of benzene rings is 2. The topological polar surface area (TPSA) is 110 Å². The summed E-state index contributed by atoms with van der Waals surface area (Å²) in [5.41, 5.74) is -0.469. The molecule has 39 heavy (non-hydrogen) atoms. The number of fused-ring (bicyclic) bond motifs is 2. The van der Waals surface area contributed by atoms with Crippen molar-refractivity contribution in [3.63, 3.8) is 0 Å². The first kappa shape index (κ1) is 25.3. The number of hydrogen-bond donors (Lipinski definition) is 2. The number of alkyl halides is 3. The molecule has 0 radical (unpaired) electrons. The van der Waals surface area contributed by atoms with Crippen molar-refractivity contribution in [1.29, 1.82) is 0 Å². The van der Waals surface area contributed by atoms with Gasteiger partial charge in [-0.1, -0.05) is 18.2 Å². The smallest absolute Gasteiger partial charge is 0.325 e. The number of aryl methyl sites for hydroxylation is 1. The van der Waals surface area contributed by atoms with Crippen LogP contribution in [0, 0.1) is 18.8 Å². The number of halogens is 3. The van der Waals surface area contributed by atoms with Crippen molar-refractivity contribution in [1.82, 2.24) is 14.9 Å². The lowest BCUT2D eigenvalue weighted by Gasteiger charge is -2.47. The molecule has 11 heteroatoms. The number of aromatic nitrogens is 2. The van der Waals surface area contributed by atoms with E-state index >= 15 is 0 Å². The van der Waals surface area contributed by atoms with Gasteiger partial charge >= 0.3 is 6.18 Å². The van der Waals surface area contributed by atoms with E-state index in [2.05, 4.69) is 15.6 Å². The highest BCUT2D eigenvalue weighted by Gasteiger charge is 2.62. The van der Waals surface area contributed by atoms with Crippen molar-refractivity contribution >= 4 is 34.3 Å². The number of piperidine rings is 1. The molecule has 4 aliphatic rings. The van der Waals surface area contributed by atoms with Crippen molar-refractivity contribution in [2.45, 2.75) is 56.7 Å². The largest absolute Gasteiger partial charge is 0.416 e. The van der Waals surface area contributed by atoms with Gasteiger partial charge in [0.25, 0.3) is 5.56 Å². The molecule has 2 bridgehead atoms. The van der Waals surface area contributed by atoms with Crippen molar-refractivity contribution < 1.29 is 27.6 Å². The first-order valence-electron chi connectivity index (χ1n) is 12.8. The Bertz CT molecular complexity index is 1590. The fourth-order valence-corrected chi connectivity index (χ4v) is 6.83. The number of anilines is 1. The first-order chi connectivity index (χ1) is 18.5. The van der Waals surface area contributed by atoms with Gasteiger partial charge in [-0.05, 0) is 68.4 Å². The molecule has 1 saturated heterocycles. The highest BCUT2D eigenvalue weighted by Crippen LogP contribution is 2.64. The second-order valence-corrected chi connectivity index (χ2v) is 10.7. The molecule has 1 aromatic heterocycles. The lowest BCUT2D eigenvalue weighted by Crippen LogP contribution is -2.50. The lowest BCUT2D eigenvalue weighted by atomic mass is 9.56. The van der Waals surface area contributed by atoms with Gasteiger partial charge in [-0.25, -0.2) is 4.98 Å². The minimum absolute atomic E-state index is 0.0911.